The molecule has 0 spiro atoms. The van der Waals surface area contributed by atoms with Gasteiger partial charge >= 0.3 is 0 Å². The summed E-state index contributed by atoms with van der Waals surface area (Å²) in [5.74, 6) is 0.722. The van der Waals surface area contributed by atoms with Gasteiger partial charge in [-0.15, -0.1) is 0 Å². The van der Waals surface area contributed by atoms with Crippen molar-refractivity contribution in [1.82, 2.24) is 4.98 Å². The van der Waals surface area contributed by atoms with Crippen molar-refractivity contribution in [3.05, 3.63) is 47.7 Å². The van der Waals surface area contributed by atoms with Crippen molar-refractivity contribution in [2.24, 2.45) is 0 Å². The minimum absolute atomic E-state index is 0.632. The number of rotatable bonds is 2. The van der Waals surface area contributed by atoms with E-state index in [0.29, 0.717) is 11.3 Å². The standard InChI is InChI=1S/C14H14N4/c1-10-3-8-13(16)14(17-10)18(2)12-6-4-11(9-15)5-7-12/h3-8H,16H2,1-2H3. The summed E-state index contributed by atoms with van der Waals surface area (Å²) < 4.78 is 0. The summed E-state index contributed by atoms with van der Waals surface area (Å²) in [7, 11) is 1.90. The first-order chi connectivity index (χ1) is 8.61. The van der Waals surface area contributed by atoms with Crippen LogP contribution < -0.4 is 10.6 Å². The fraction of sp³-hybridized carbons (Fsp3) is 0.143. The topological polar surface area (TPSA) is 65.9 Å². The number of nitrogens with two attached hydrogens (primary N) is 1. The van der Waals surface area contributed by atoms with Gasteiger partial charge in [-0.05, 0) is 43.3 Å². The molecule has 18 heavy (non-hydrogen) atoms. The van der Waals surface area contributed by atoms with Gasteiger partial charge in [0.2, 0.25) is 0 Å². The molecule has 1 aromatic heterocycles. The zero-order valence-corrected chi connectivity index (χ0v) is 10.4. The van der Waals surface area contributed by atoms with Crippen LogP contribution in [0.15, 0.2) is 36.4 Å². The molecule has 1 aromatic carbocycles. The average Bonchev–Trinajstić information content (AvgIpc) is 2.41. The zero-order valence-electron chi connectivity index (χ0n) is 10.4. The van der Waals surface area contributed by atoms with E-state index in [1.165, 1.54) is 0 Å². The molecule has 0 saturated carbocycles. The van der Waals surface area contributed by atoms with E-state index in [0.717, 1.165) is 17.2 Å². The summed E-state index contributed by atoms with van der Waals surface area (Å²) in [6.07, 6.45) is 0. The third-order valence-corrected chi connectivity index (χ3v) is 2.75. The molecule has 0 amide bonds. The lowest BCUT2D eigenvalue weighted by atomic mass is 10.2. The number of nitrogen functional groups attached to an aromatic ring is 1. The number of hydrogen-bond acceptors (Lipinski definition) is 4. The van der Waals surface area contributed by atoms with Crippen molar-refractivity contribution in [1.29, 1.82) is 5.26 Å². The van der Waals surface area contributed by atoms with Crippen LogP contribution in [0.25, 0.3) is 0 Å². The Labute approximate surface area is 106 Å². The van der Waals surface area contributed by atoms with Crippen molar-refractivity contribution >= 4 is 17.2 Å². The molecule has 2 rings (SSSR count). The second-order valence-electron chi connectivity index (χ2n) is 4.08. The number of aryl methyl sites for hydroxylation is 1. The Hall–Kier alpha value is -2.54. The highest BCUT2D eigenvalue weighted by Gasteiger charge is 2.09. The molecule has 4 nitrogen and oxygen atoms in total. The summed E-state index contributed by atoms with van der Waals surface area (Å²) in [5.41, 5.74) is 9.06. The number of nitrogens with zero attached hydrogens (tertiary/aromatic N) is 3. The third-order valence-electron chi connectivity index (χ3n) is 2.75. The van der Waals surface area contributed by atoms with E-state index >= 15 is 0 Å². The highest BCUT2D eigenvalue weighted by molar-refractivity contribution is 5.70. The molecule has 0 aliphatic heterocycles. The molecule has 0 fully saturated rings. The van der Waals surface area contributed by atoms with Crippen LogP contribution in [0.5, 0.6) is 0 Å². The molecule has 0 radical (unpaired) electrons. The number of pyridine rings is 1. The van der Waals surface area contributed by atoms with Crippen LogP contribution in [0.4, 0.5) is 17.2 Å². The highest BCUT2D eigenvalue weighted by Crippen LogP contribution is 2.27. The van der Waals surface area contributed by atoms with E-state index in [4.69, 9.17) is 11.0 Å². The van der Waals surface area contributed by atoms with E-state index in [1.807, 2.05) is 43.1 Å². The van der Waals surface area contributed by atoms with Gasteiger partial charge < -0.3 is 10.6 Å². The van der Waals surface area contributed by atoms with E-state index in [2.05, 4.69) is 11.1 Å². The number of hydrogen-bond donors (Lipinski definition) is 1. The summed E-state index contributed by atoms with van der Waals surface area (Å²) in [6.45, 7) is 1.93. The van der Waals surface area contributed by atoms with Gasteiger partial charge in [0.15, 0.2) is 5.82 Å². The first-order valence-electron chi connectivity index (χ1n) is 5.59. The summed E-state index contributed by atoms with van der Waals surface area (Å²) in [4.78, 5) is 6.33. The summed E-state index contributed by atoms with van der Waals surface area (Å²) >= 11 is 0. The molecule has 4 heteroatoms. The molecule has 0 unspecified atom stereocenters. The molecule has 0 saturated heterocycles. The van der Waals surface area contributed by atoms with Crippen LogP contribution in [-0.2, 0) is 0 Å². The first-order valence-corrected chi connectivity index (χ1v) is 5.59. The maximum Gasteiger partial charge on any atom is 0.156 e. The van der Waals surface area contributed by atoms with E-state index < -0.39 is 0 Å². The predicted octanol–water partition coefficient (Wildman–Crippen LogP) is 2.61. The maximum absolute atomic E-state index is 8.77. The summed E-state index contributed by atoms with van der Waals surface area (Å²) in [6, 6.07) is 13.1. The van der Waals surface area contributed by atoms with Gasteiger partial charge in [-0.1, -0.05) is 0 Å². The normalized spacial score (nSPS) is 9.83. The Morgan fingerprint density at radius 1 is 1.17 bits per heavy atom. The predicted molar refractivity (Wildman–Crippen MR) is 72.6 cm³/mol. The Balaban J connectivity index is 2.38. The lowest BCUT2D eigenvalue weighted by Gasteiger charge is -2.20. The third kappa shape index (κ3) is 2.25. The molecular formula is C14H14N4. The number of nitriles is 1. The number of benzene rings is 1. The number of aromatic nitrogens is 1. The molecule has 2 aromatic rings. The average molecular weight is 238 g/mol. The van der Waals surface area contributed by atoms with Gasteiger partial charge in [-0.25, -0.2) is 4.98 Å². The Morgan fingerprint density at radius 2 is 1.83 bits per heavy atom. The van der Waals surface area contributed by atoms with Gasteiger partial charge in [0, 0.05) is 18.4 Å². The van der Waals surface area contributed by atoms with Gasteiger partial charge in [0.25, 0.3) is 0 Å². The van der Waals surface area contributed by atoms with Gasteiger partial charge in [0.1, 0.15) is 0 Å². The largest absolute Gasteiger partial charge is 0.396 e. The molecule has 0 aliphatic rings. The van der Waals surface area contributed by atoms with Crippen LogP contribution in [0, 0.1) is 18.3 Å². The van der Waals surface area contributed by atoms with Crippen LogP contribution in [0.3, 0.4) is 0 Å². The van der Waals surface area contributed by atoms with Crippen molar-refractivity contribution in [2.45, 2.75) is 6.92 Å². The van der Waals surface area contributed by atoms with Crippen LogP contribution in [0.2, 0.25) is 0 Å². The molecule has 0 aliphatic carbocycles. The lowest BCUT2D eigenvalue weighted by molar-refractivity contribution is 1.09. The van der Waals surface area contributed by atoms with Crippen LogP contribution in [-0.4, -0.2) is 12.0 Å². The second-order valence-corrected chi connectivity index (χ2v) is 4.08. The maximum atomic E-state index is 8.77. The minimum Gasteiger partial charge on any atom is -0.396 e. The minimum atomic E-state index is 0.632. The second kappa shape index (κ2) is 4.76. The Morgan fingerprint density at radius 3 is 2.44 bits per heavy atom. The molecule has 1 heterocycles. The number of anilines is 3. The quantitative estimate of drug-likeness (QED) is 0.873. The Bertz CT molecular complexity index is 596. The van der Waals surface area contributed by atoms with Crippen molar-refractivity contribution in [3.8, 4) is 6.07 Å². The van der Waals surface area contributed by atoms with E-state index in [-0.39, 0.29) is 0 Å². The first kappa shape index (κ1) is 11.9. The van der Waals surface area contributed by atoms with Gasteiger partial charge in [-0.3, -0.25) is 0 Å². The van der Waals surface area contributed by atoms with Crippen molar-refractivity contribution in [2.75, 3.05) is 17.7 Å². The molecular weight excluding hydrogens is 224 g/mol. The SMILES string of the molecule is Cc1ccc(N)c(N(C)c2ccc(C#N)cc2)n1. The lowest BCUT2D eigenvalue weighted by Crippen LogP contribution is -2.13. The van der Waals surface area contributed by atoms with E-state index in [9.17, 15) is 0 Å². The fourth-order valence-electron chi connectivity index (χ4n) is 1.70. The van der Waals surface area contributed by atoms with Crippen LogP contribution in [0.1, 0.15) is 11.3 Å². The molecule has 90 valence electrons. The van der Waals surface area contributed by atoms with Crippen LogP contribution >= 0.6 is 0 Å². The zero-order chi connectivity index (χ0) is 13.1. The summed E-state index contributed by atoms with van der Waals surface area (Å²) in [5, 5.41) is 8.77. The fourth-order valence-corrected chi connectivity index (χ4v) is 1.70. The smallest absolute Gasteiger partial charge is 0.156 e. The molecule has 0 atom stereocenters. The van der Waals surface area contributed by atoms with Gasteiger partial charge in [0.05, 0.1) is 17.3 Å². The van der Waals surface area contributed by atoms with Crippen molar-refractivity contribution in [3.63, 3.8) is 0 Å². The molecule has 0 bridgehead atoms. The highest BCUT2D eigenvalue weighted by atomic mass is 15.2. The molecule has 2 N–H and O–H groups in total. The van der Waals surface area contributed by atoms with Crippen molar-refractivity contribution < 1.29 is 0 Å². The van der Waals surface area contributed by atoms with Gasteiger partial charge in [-0.2, -0.15) is 5.26 Å². The Kier molecular flexibility index (Phi) is 3.16. The monoisotopic (exact) mass is 238 g/mol. The van der Waals surface area contributed by atoms with E-state index in [1.54, 1.807) is 12.1 Å².